The van der Waals surface area contributed by atoms with E-state index in [1.54, 1.807) is 24.4 Å². The van der Waals surface area contributed by atoms with Crippen LogP contribution in [0.1, 0.15) is 22.8 Å². The molecule has 2 aromatic rings. The lowest BCUT2D eigenvalue weighted by Crippen LogP contribution is -2.15. The lowest BCUT2D eigenvalue weighted by atomic mass is 10.1. The van der Waals surface area contributed by atoms with Gasteiger partial charge in [0.2, 0.25) is 0 Å². The second-order valence-electron chi connectivity index (χ2n) is 4.05. The maximum Gasteiger partial charge on any atom is 0.257 e. The summed E-state index contributed by atoms with van der Waals surface area (Å²) in [6, 6.07) is 11.0. The number of carbonyl (C=O) groups excluding carboxylic acids is 1. The highest BCUT2D eigenvalue weighted by Gasteiger charge is 2.12. The van der Waals surface area contributed by atoms with Gasteiger partial charge in [0.05, 0.1) is 6.61 Å². The smallest absolute Gasteiger partial charge is 0.257 e. The fourth-order valence-electron chi connectivity index (χ4n) is 1.76. The molecule has 0 fully saturated rings. The zero-order valence-electron chi connectivity index (χ0n) is 11.0. The zero-order valence-corrected chi connectivity index (χ0v) is 11.0. The number of nitrogens with zero attached hydrogens (tertiary/aromatic N) is 1. The number of hydrogen-bond acceptors (Lipinski definition) is 3. The molecule has 0 saturated carbocycles. The quantitative estimate of drug-likeness (QED) is 0.914. The van der Waals surface area contributed by atoms with Crippen molar-refractivity contribution in [2.75, 3.05) is 11.9 Å². The number of hydrogen-bond donors (Lipinski definition) is 1. The van der Waals surface area contributed by atoms with Gasteiger partial charge in [0.25, 0.3) is 5.91 Å². The van der Waals surface area contributed by atoms with Crippen LogP contribution in [-0.2, 0) is 0 Å². The van der Waals surface area contributed by atoms with Gasteiger partial charge in [0.15, 0.2) is 11.6 Å². The topological polar surface area (TPSA) is 51.2 Å². The van der Waals surface area contributed by atoms with E-state index in [2.05, 4.69) is 10.3 Å². The van der Waals surface area contributed by atoms with Gasteiger partial charge < -0.3 is 10.1 Å². The van der Waals surface area contributed by atoms with Crippen LogP contribution in [0.15, 0.2) is 42.6 Å². The van der Waals surface area contributed by atoms with E-state index in [1.807, 2.05) is 32.0 Å². The number of nitrogens with one attached hydrogen (secondary N) is 1. The standard InChI is InChI=1S/C15H16N2O2/c1-3-19-13-9-6-10-16-14(13)17-15(18)12-8-5-4-7-11(12)2/h4-10H,3H2,1-2H3,(H,16,17,18). The summed E-state index contributed by atoms with van der Waals surface area (Å²) >= 11 is 0. The summed E-state index contributed by atoms with van der Waals surface area (Å²) in [4.78, 5) is 16.3. The van der Waals surface area contributed by atoms with E-state index < -0.39 is 0 Å². The fourth-order valence-corrected chi connectivity index (χ4v) is 1.76. The monoisotopic (exact) mass is 256 g/mol. The Kier molecular flexibility index (Phi) is 4.13. The molecule has 1 amide bonds. The number of pyridine rings is 1. The first-order valence-electron chi connectivity index (χ1n) is 6.17. The summed E-state index contributed by atoms with van der Waals surface area (Å²) in [5.41, 5.74) is 1.56. The molecular weight excluding hydrogens is 240 g/mol. The Balaban J connectivity index is 2.22. The molecule has 4 nitrogen and oxygen atoms in total. The maximum atomic E-state index is 12.2. The molecule has 0 bridgehead atoms. The van der Waals surface area contributed by atoms with Crippen LogP contribution >= 0.6 is 0 Å². The maximum absolute atomic E-state index is 12.2. The Labute approximate surface area is 112 Å². The number of aryl methyl sites for hydroxylation is 1. The third-order valence-electron chi connectivity index (χ3n) is 2.69. The van der Waals surface area contributed by atoms with E-state index >= 15 is 0 Å². The minimum Gasteiger partial charge on any atom is -0.490 e. The summed E-state index contributed by atoms with van der Waals surface area (Å²) in [7, 11) is 0. The SMILES string of the molecule is CCOc1cccnc1NC(=O)c1ccccc1C. The molecule has 0 aliphatic heterocycles. The van der Waals surface area contributed by atoms with E-state index in [-0.39, 0.29) is 5.91 Å². The van der Waals surface area contributed by atoms with E-state index in [1.165, 1.54) is 0 Å². The molecule has 0 aliphatic rings. The van der Waals surface area contributed by atoms with Gasteiger partial charge in [-0.1, -0.05) is 18.2 Å². The predicted octanol–water partition coefficient (Wildman–Crippen LogP) is 3.04. The fraction of sp³-hybridized carbons (Fsp3) is 0.200. The van der Waals surface area contributed by atoms with Crippen LogP contribution in [0.5, 0.6) is 5.75 Å². The highest BCUT2D eigenvalue weighted by molar-refractivity contribution is 6.05. The van der Waals surface area contributed by atoms with Crippen molar-refractivity contribution < 1.29 is 9.53 Å². The van der Waals surface area contributed by atoms with Crippen molar-refractivity contribution in [1.29, 1.82) is 0 Å². The Bertz CT molecular complexity index is 582. The number of rotatable bonds is 4. The van der Waals surface area contributed by atoms with Gasteiger partial charge in [-0.05, 0) is 37.6 Å². The second kappa shape index (κ2) is 6.00. The number of benzene rings is 1. The van der Waals surface area contributed by atoms with Gasteiger partial charge in [-0.25, -0.2) is 4.98 Å². The Morgan fingerprint density at radius 3 is 2.79 bits per heavy atom. The van der Waals surface area contributed by atoms with Crippen molar-refractivity contribution in [3.63, 3.8) is 0 Å². The largest absolute Gasteiger partial charge is 0.490 e. The summed E-state index contributed by atoms with van der Waals surface area (Å²) < 4.78 is 5.43. The van der Waals surface area contributed by atoms with Gasteiger partial charge in [-0.3, -0.25) is 4.79 Å². The highest BCUT2D eigenvalue weighted by atomic mass is 16.5. The molecular formula is C15H16N2O2. The molecule has 1 N–H and O–H groups in total. The predicted molar refractivity (Wildman–Crippen MR) is 74.5 cm³/mol. The molecule has 1 aromatic heterocycles. The summed E-state index contributed by atoms with van der Waals surface area (Å²) in [6.45, 7) is 4.32. The van der Waals surface area contributed by atoms with Crippen molar-refractivity contribution >= 4 is 11.7 Å². The second-order valence-corrected chi connectivity index (χ2v) is 4.05. The van der Waals surface area contributed by atoms with Crippen LogP contribution in [0.2, 0.25) is 0 Å². The minimum atomic E-state index is -0.183. The van der Waals surface area contributed by atoms with Crippen LogP contribution in [-0.4, -0.2) is 17.5 Å². The molecule has 98 valence electrons. The van der Waals surface area contributed by atoms with Crippen LogP contribution in [0, 0.1) is 6.92 Å². The lowest BCUT2D eigenvalue weighted by molar-refractivity contribution is 0.102. The van der Waals surface area contributed by atoms with E-state index in [0.29, 0.717) is 23.7 Å². The zero-order chi connectivity index (χ0) is 13.7. The first-order chi connectivity index (χ1) is 9.22. The molecule has 0 radical (unpaired) electrons. The molecule has 2 rings (SSSR count). The van der Waals surface area contributed by atoms with Crippen LogP contribution in [0.4, 0.5) is 5.82 Å². The van der Waals surface area contributed by atoms with Gasteiger partial charge in [0, 0.05) is 11.8 Å². The van der Waals surface area contributed by atoms with Gasteiger partial charge >= 0.3 is 0 Å². The van der Waals surface area contributed by atoms with Crippen molar-refractivity contribution in [2.45, 2.75) is 13.8 Å². The number of carbonyl (C=O) groups is 1. The highest BCUT2D eigenvalue weighted by Crippen LogP contribution is 2.21. The van der Waals surface area contributed by atoms with E-state index in [4.69, 9.17) is 4.74 Å². The Hall–Kier alpha value is -2.36. The molecule has 19 heavy (non-hydrogen) atoms. The third kappa shape index (κ3) is 3.10. The molecule has 1 aromatic carbocycles. The molecule has 0 spiro atoms. The Morgan fingerprint density at radius 1 is 1.26 bits per heavy atom. The van der Waals surface area contributed by atoms with Crippen LogP contribution in [0.25, 0.3) is 0 Å². The van der Waals surface area contributed by atoms with E-state index in [9.17, 15) is 4.79 Å². The third-order valence-corrected chi connectivity index (χ3v) is 2.69. The summed E-state index contributed by atoms with van der Waals surface area (Å²) in [6.07, 6.45) is 1.62. The van der Waals surface area contributed by atoms with E-state index in [0.717, 1.165) is 5.56 Å². The van der Waals surface area contributed by atoms with Crippen molar-refractivity contribution in [2.24, 2.45) is 0 Å². The number of ether oxygens (including phenoxy) is 1. The minimum absolute atomic E-state index is 0.183. The van der Waals surface area contributed by atoms with Crippen molar-refractivity contribution in [3.8, 4) is 5.75 Å². The average Bonchev–Trinajstić information content (AvgIpc) is 2.41. The number of anilines is 1. The molecule has 0 aliphatic carbocycles. The number of aromatic nitrogens is 1. The molecule has 0 atom stereocenters. The molecule has 0 saturated heterocycles. The van der Waals surface area contributed by atoms with Crippen molar-refractivity contribution in [3.05, 3.63) is 53.7 Å². The van der Waals surface area contributed by atoms with Gasteiger partial charge in [0.1, 0.15) is 0 Å². The Morgan fingerprint density at radius 2 is 2.05 bits per heavy atom. The van der Waals surface area contributed by atoms with Crippen LogP contribution < -0.4 is 10.1 Å². The molecule has 4 heteroatoms. The normalized spacial score (nSPS) is 10.0. The molecule has 1 heterocycles. The summed E-state index contributed by atoms with van der Waals surface area (Å²) in [5, 5.41) is 2.78. The lowest BCUT2D eigenvalue weighted by Gasteiger charge is -2.11. The molecule has 0 unspecified atom stereocenters. The summed E-state index contributed by atoms with van der Waals surface area (Å²) in [5.74, 6) is 0.835. The van der Waals surface area contributed by atoms with Gasteiger partial charge in [-0.15, -0.1) is 0 Å². The number of amides is 1. The first-order valence-corrected chi connectivity index (χ1v) is 6.17. The van der Waals surface area contributed by atoms with Crippen molar-refractivity contribution in [1.82, 2.24) is 4.98 Å². The van der Waals surface area contributed by atoms with Gasteiger partial charge in [-0.2, -0.15) is 0 Å². The first kappa shape index (κ1) is 13.1. The van der Waals surface area contributed by atoms with Crippen LogP contribution in [0.3, 0.4) is 0 Å². The average molecular weight is 256 g/mol.